The summed E-state index contributed by atoms with van der Waals surface area (Å²) in [6.07, 6.45) is 2.68. The highest BCUT2D eigenvalue weighted by molar-refractivity contribution is 5.92. The number of carbonyl (C=O) groups excluding carboxylic acids is 1. The number of amides is 1. The summed E-state index contributed by atoms with van der Waals surface area (Å²) in [7, 11) is 0. The molecular weight excluding hydrogens is 216 g/mol. The summed E-state index contributed by atoms with van der Waals surface area (Å²) >= 11 is 0. The standard InChI is InChI=1S/C12H20N4O/c1-3-8(4-2)12(17)14-11-9-7-13-6-5-10(9)15-16-11/h8,13H,3-7H2,1-2H3,(H2,14,15,16,17). The van der Waals surface area contributed by atoms with Crippen LogP contribution in [0.25, 0.3) is 0 Å². The lowest BCUT2D eigenvalue weighted by molar-refractivity contribution is -0.120. The zero-order valence-electron chi connectivity index (χ0n) is 10.5. The van der Waals surface area contributed by atoms with Crippen LogP contribution in [0.5, 0.6) is 0 Å². The third-order valence-electron chi connectivity index (χ3n) is 3.40. The minimum Gasteiger partial charge on any atom is -0.312 e. The van der Waals surface area contributed by atoms with Gasteiger partial charge < -0.3 is 10.6 Å². The molecule has 0 bridgehead atoms. The topological polar surface area (TPSA) is 69.8 Å². The van der Waals surface area contributed by atoms with Crippen LogP contribution in [0.2, 0.25) is 0 Å². The molecule has 5 nitrogen and oxygen atoms in total. The van der Waals surface area contributed by atoms with Crippen LogP contribution in [0, 0.1) is 5.92 Å². The predicted octanol–water partition coefficient (Wildman–Crippen LogP) is 1.43. The molecular formula is C12H20N4O. The molecule has 94 valence electrons. The number of aromatic amines is 1. The molecule has 0 unspecified atom stereocenters. The van der Waals surface area contributed by atoms with E-state index in [2.05, 4.69) is 20.8 Å². The van der Waals surface area contributed by atoms with Crippen LogP contribution < -0.4 is 10.6 Å². The fraction of sp³-hybridized carbons (Fsp3) is 0.667. The maximum absolute atomic E-state index is 12.0. The molecule has 17 heavy (non-hydrogen) atoms. The molecule has 0 spiro atoms. The minimum atomic E-state index is 0.0786. The Morgan fingerprint density at radius 1 is 1.47 bits per heavy atom. The van der Waals surface area contributed by atoms with E-state index < -0.39 is 0 Å². The minimum absolute atomic E-state index is 0.0786. The molecule has 1 aliphatic rings. The Labute approximate surface area is 101 Å². The van der Waals surface area contributed by atoms with E-state index >= 15 is 0 Å². The van der Waals surface area contributed by atoms with E-state index in [0.717, 1.165) is 43.6 Å². The van der Waals surface area contributed by atoms with Gasteiger partial charge in [-0.15, -0.1) is 0 Å². The van der Waals surface area contributed by atoms with Gasteiger partial charge in [-0.2, -0.15) is 5.10 Å². The first-order valence-electron chi connectivity index (χ1n) is 6.33. The van der Waals surface area contributed by atoms with Gasteiger partial charge in [-0.05, 0) is 12.8 Å². The maximum atomic E-state index is 12.0. The van der Waals surface area contributed by atoms with Crippen molar-refractivity contribution in [2.24, 2.45) is 5.92 Å². The van der Waals surface area contributed by atoms with Gasteiger partial charge in [-0.25, -0.2) is 0 Å². The Kier molecular flexibility index (Phi) is 3.78. The monoisotopic (exact) mass is 236 g/mol. The molecule has 0 saturated heterocycles. The molecule has 5 heteroatoms. The molecule has 1 aromatic heterocycles. The van der Waals surface area contributed by atoms with Crippen molar-refractivity contribution in [2.75, 3.05) is 11.9 Å². The van der Waals surface area contributed by atoms with Crippen LogP contribution in [-0.2, 0) is 17.8 Å². The molecule has 1 aliphatic heterocycles. The average molecular weight is 236 g/mol. The van der Waals surface area contributed by atoms with Crippen molar-refractivity contribution in [3.05, 3.63) is 11.3 Å². The van der Waals surface area contributed by atoms with Crippen molar-refractivity contribution in [1.29, 1.82) is 0 Å². The molecule has 3 N–H and O–H groups in total. The summed E-state index contributed by atoms with van der Waals surface area (Å²) in [5, 5.41) is 13.4. The molecule has 1 aromatic rings. The quantitative estimate of drug-likeness (QED) is 0.740. The van der Waals surface area contributed by atoms with Crippen LogP contribution in [0.1, 0.15) is 37.9 Å². The van der Waals surface area contributed by atoms with Gasteiger partial charge >= 0.3 is 0 Å². The molecule has 0 aliphatic carbocycles. The summed E-state index contributed by atoms with van der Waals surface area (Å²) in [5.41, 5.74) is 2.25. The second kappa shape index (κ2) is 5.31. The van der Waals surface area contributed by atoms with Crippen LogP contribution in [-0.4, -0.2) is 22.6 Å². The normalized spacial score (nSPS) is 14.8. The lowest BCUT2D eigenvalue weighted by Crippen LogP contribution is -2.26. The maximum Gasteiger partial charge on any atom is 0.228 e. The third kappa shape index (κ3) is 2.49. The van der Waals surface area contributed by atoms with E-state index in [1.807, 2.05) is 13.8 Å². The van der Waals surface area contributed by atoms with Crippen molar-refractivity contribution in [1.82, 2.24) is 15.5 Å². The third-order valence-corrected chi connectivity index (χ3v) is 3.40. The number of hydrogen-bond acceptors (Lipinski definition) is 3. The van der Waals surface area contributed by atoms with Gasteiger partial charge in [0.1, 0.15) is 0 Å². The Hall–Kier alpha value is -1.36. The molecule has 0 atom stereocenters. The van der Waals surface area contributed by atoms with Crippen molar-refractivity contribution in [2.45, 2.75) is 39.7 Å². The highest BCUT2D eigenvalue weighted by atomic mass is 16.1. The van der Waals surface area contributed by atoms with Crippen LogP contribution >= 0.6 is 0 Å². The molecule has 0 saturated carbocycles. The van der Waals surface area contributed by atoms with Gasteiger partial charge in [-0.3, -0.25) is 9.89 Å². The molecule has 2 rings (SSSR count). The predicted molar refractivity (Wildman–Crippen MR) is 66.7 cm³/mol. The van der Waals surface area contributed by atoms with Gasteiger partial charge in [0.05, 0.1) is 0 Å². The van der Waals surface area contributed by atoms with Crippen molar-refractivity contribution >= 4 is 11.7 Å². The van der Waals surface area contributed by atoms with Crippen LogP contribution in [0.3, 0.4) is 0 Å². The average Bonchev–Trinajstić information content (AvgIpc) is 2.74. The van der Waals surface area contributed by atoms with Gasteiger partial charge in [0.15, 0.2) is 5.82 Å². The highest BCUT2D eigenvalue weighted by Crippen LogP contribution is 2.21. The fourth-order valence-corrected chi connectivity index (χ4v) is 2.21. The van der Waals surface area contributed by atoms with Crippen LogP contribution in [0.4, 0.5) is 5.82 Å². The molecule has 0 radical (unpaired) electrons. The van der Waals surface area contributed by atoms with Gasteiger partial charge in [0, 0.05) is 36.7 Å². The van der Waals surface area contributed by atoms with Crippen LogP contribution in [0.15, 0.2) is 0 Å². The highest BCUT2D eigenvalue weighted by Gasteiger charge is 2.20. The zero-order chi connectivity index (χ0) is 12.3. The summed E-state index contributed by atoms with van der Waals surface area (Å²) in [5.74, 6) is 0.859. The molecule has 1 amide bonds. The van der Waals surface area contributed by atoms with Gasteiger partial charge in [0.2, 0.25) is 5.91 Å². The number of nitrogens with zero attached hydrogens (tertiary/aromatic N) is 1. The number of carbonyl (C=O) groups is 1. The molecule has 0 aromatic carbocycles. The number of hydrogen-bond donors (Lipinski definition) is 3. The second-order valence-electron chi connectivity index (χ2n) is 4.46. The van der Waals surface area contributed by atoms with Gasteiger partial charge in [0.25, 0.3) is 0 Å². The van der Waals surface area contributed by atoms with E-state index in [-0.39, 0.29) is 11.8 Å². The number of aromatic nitrogens is 2. The first kappa shape index (κ1) is 12.1. The van der Waals surface area contributed by atoms with E-state index in [9.17, 15) is 4.79 Å². The summed E-state index contributed by atoms with van der Waals surface area (Å²) < 4.78 is 0. The molecule has 2 heterocycles. The van der Waals surface area contributed by atoms with E-state index in [0.29, 0.717) is 5.82 Å². The fourth-order valence-electron chi connectivity index (χ4n) is 2.21. The SMILES string of the molecule is CCC(CC)C(=O)Nc1n[nH]c2c1CNCC2. The smallest absolute Gasteiger partial charge is 0.228 e. The number of rotatable bonds is 4. The first-order valence-corrected chi connectivity index (χ1v) is 6.33. The molecule has 0 fully saturated rings. The summed E-state index contributed by atoms with van der Waals surface area (Å²) in [6.45, 7) is 5.82. The number of fused-ring (bicyclic) bond motifs is 1. The van der Waals surface area contributed by atoms with Gasteiger partial charge in [-0.1, -0.05) is 13.8 Å². The Balaban J connectivity index is 2.08. The zero-order valence-corrected chi connectivity index (χ0v) is 10.5. The first-order chi connectivity index (χ1) is 8.26. The Bertz CT molecular complexity index is 395. The second-order valence-corrected chi connectivity index (χ2v) is 4.46. The van der Waals surface area contributed by atoms with Crippen molar-refractivity contribution < 1.29 is 4.79 Å². The van der Waals surface area contributed by atoms with E-state index in [1.54, 1.807) is 0 Å². The number of H-pyrrole nitrogens is 1. The lowest BCUT2D eigenvalue weighted by Gasteiger charge is -2.15. The summed E-state index contributed by atoms with van der Waals surface area (Å²) in [6, 6.07) is 0. The lowest BCUT2D eigenvalue weighted by atomic mass is 10.0. The van der Waals surface area contributed by atoms with Crippen molar-refractivity contribution in [3.63, 3.8) is 0 Å². The number of anilines is 1. The largest absolute Gasteiger partial charge is 0.312 e. The number of nitrogens with one attached hydrogen (secondary N) is 3. The van der Waals surface area contributed by atoms with Crippen molar-refractivity contribution in [3.8, 4) is 0 Å². The Morgan fingerprint density at radius 3 is 2.94 bits per heavy atom. The summed E-state index contributed by atoms with van der Waals surface area (Å²) in [4.78, 5) is 12.0. The van der Waals surface area contributed by atoms with E-state index in [1.165, 1.54) is 0 Å². The Morgan fingerprint density at radius 2 is 2.24 bits per heavy atom. The van der Waals surface area contributed by atoms with E-state index in [4.69, 9.17) is 0 Å².